The number of piperazine rings is 1. The van der Waals surface area contributed by atoms with Gasteiger partial charge >= 0.3 is 5.69 Å². The van der Waals surface area contributed by atoms with Gasteiger partial charge < -0.3 is 10.2 Å². The number of fused-ring (bicyclic) bond motifs is 1. The molecule has 1 saturated heterocycles. The van der Waals surface area contributed by atoms with Crippen molar-refractivity contribution in [1.29, 1.82) is 0 Å². The molecule has 0 unspecified atom stereocenters. The number of rotatable bonds is 9. The molecule has 176 valence electrons. The molecule has 4 rings (SSSR count). The molecule has 1 N–H and O–H groups in total. The Bertz CT molecular complexity index is 1110. The van der Waals surface area contributed by atoms with Crippen molar-refractivity contribution in [2.24, 2.45) is 0 Å². The van der Waals surface area contributed by atoms with E-state index in [1.165, 1.54) is 5.69 Å². The Morgan fingerprint density at radius 3 is 2.21 bits per heavy atom. The molecule has 1 amide bonds. The zero-order valence-electron chi connectivity index (χ0n) is 19.7. The van der Waals surface area contributed by atoms with E-state index < -0.39 is 0 Å². The number of para-hydroxylation sites is 3. The number of hydrogen-bond acceptors (Lipinski definition) is 4. The van der Waals surface area contributed by atoms with Crippen LogP contribution in [0.5, 0.6) is 0 Å². The molecule has 0 bridgehead atoms. The third kappa shape index (κ3) is 5.47. The molecular weight excluding hydrogens is 414 g/mol. The molecule has 1 aliphatic heterocycles. The van der Waals surface area contributed by atoms with E-state index in [2.05, 4.69) is 52.4 Å². The fourth-order valence-corrected chi connectivity index (χ4v) is 4.65. The minimum absolute atomic E-state index is 0.0517. The summed E-state index contributed by atoms with van der Waals surface area (Å²) in [7, 11) is 0. The Morgan fingerprint density at radius 1 is 0.909 bits per heavy atom. The van der Waals surface area contributed by atoms with E-state index >= 15 is 0 Å². The van der Waals surface area contributed by atoms with Gasteiger partial charge in [0.1, 0.15) is 6.54 Å². The monoisotopic (exact) mass is 449 g/mol. The normalized spacial score (nSPS) is 15.6. The largest absolute Gasteiger partial charge is 0.369 e. The number of aromatic nitrogens is 2. The van der Waals surface area contributed by atoms with Crippen LogP contribution in [0.25, 0.3) is 11.0 Å². The quantitative estimate of drug-likeness (QED) is 0.546. The van der Waals surface area contributed by atoms with Crippen LogP contribution in [-0.2, 0) is 17.9 Å². The molecule has 1 aliphatic rings. The van der Waals surface area contributed by atoms with Crippen LogP contribution >= 0.6 is 0 Å². The van der Waals surface area contributed by atoms with Gasteiger partial charge in [-0.15, -0.1) is 0 Å². The van der Waals surface area contributed by atoms with E-state index in [0.29, 0.717) is 6.54 Å². The van der Waals surface area contributed by atoms with E-state index in [1.807, 2.05) is 31.2 Å². The number of hydrogen-bond donors (Lipinski definition) is 1. The van der Waals surface area contributed by atoms with E-state index in [4.69, 9.17) is 0 Å². The summed E-state index contributed by atoms with van der Waals surface area (Å²) < 4.78 is 3.36. The molecular formula is C26H35N5O2. The first-order valence-electron chi connectivity index (χ1n) is 12.1. The predicted molar refractivity (Wildman–Crippen MR) is 134 cm³/mol. The van der Waals surface area contributed by atoms with Crippen LogP contribution in [0.15, 0.2) is 59.4 Å². The average Bonchev–Trinajstić information content (AvgIpc) is 3.10. The third-order valence-electron chi connectivity index (χ3n) is 6.45. The SMILES string of the molecule is CCCn1c(=O)n(CC(=O)N[C@H](C)CCN2CCN(c3ccccc3)CC2)c2ccccc21. The van der Waals surface area contributed by atoms with Crippen LogP contribution < -0.4 is 15.9 Å². The minimum Gasteiger partial charge on any atom is -0.369 e. The molecule has 7 heteroatoms. The van der Waals surface area contributed by atoms with E-state index in [0.717, 1.165) is 56.6 Å². The topological polar surface area (TPSA) is 62.5 Å². The van der Waals surface area contributed by atoms with Crippen molar-refractivity contribution in [2.75, 3.05) is 37.6 Å². The van der Waals surface area contributed by atoms with Gasteiger partial charge in [0.05, 0.1) is 11.0 Å². The van der Waals surface area contributed by atoms with Crippen molar-refractivity contribution >= 4 is 22.6 Å². The van der Waals surface area contributed by atoms with Crippen molar-refractivity contribution in [3.8, 4) is 0 Å². The second-order valence-corrected chi connectivity index (χ2v) is 8.93. The second-order valence-electron chi connectivity index (χ2n) is 8.93. The first-order chi connectivity index (χ1) is 16.1. The van der Waals surface area contributed by atoms with Crippen molar-refractivity contribution < 1.29 is 4.79 Å². The van der Waals surface area contributed by atoms with Crippen LogP contribution in [0.3, 0.4) is 0 Å². The zero-order valence-corrected chi connectivity index (χ0v) is 19.7. The molecule has 1 fully saturated rings. The summed E-state index contributed by atoms with van der Waals surface area (Å²) in [6, 6.07) is 18.3. The Kier molecular flexibility index (Phi) is 7.50. The summed E-state index contributed by atoms with van der Waals surface area (Å²) in [5.74, 6) is -0.113. The van der Waals surface area contributed by atoms with Crippen molar-refractivity contribution in [1.82, 2.24) is 19.4 Å². The standard InChI is InChI=1S/C26H35N5O2/c1-3-14-30-23-11-7-8-12-24(23)31(26(30)33)20-25(32)27-21(2)13-15-28-16-18-29(19-17-28)22-9-5-4-6-10-22/h4-12,21H,3,13-20H2,1-2H3,(H,27,32)/t21-/m1/s1. The van der Waals surface area contributed by atoms with E-state index in [1.54, 1.807) is 9.13 Å². The van der Waals surface area contributed by atoms with E-state index in [-0.39, 0.29) is 24.2 Å². The average molecular weight is 450 g/mol. The van der Waals surface area contributed by atoms with Crippen LogP contribution in [0, 0.1) is 0 Å². The fourth-order valence-electron chi connectivity index (χ4n) is 4.65. The number of amides is 1. The van der Waals surface area contributed by atoms with Gasteiger partial charge in [0.15, 0.2) is 0 Å². The number of nitrogens with one attached hydrogen (secondary N) is 1. The third-order valence-corrected chi connectivity index (χ3v) is 6.45. The molecule has 33 heavy (non-hydrogen) atoms. The number of imidazole rings is 1. The lowest BCUT2D eigenvalue weighted by Crippen LogP contribution is -2.47. The summed E-state index contributed by atoms with van der Waals surface area (Å²) in [5.41, 5.74) is 2.88. The summed E-state index contributed by atoms with van der Waals surface area (Å²) in [4.78, 5) is 30.5. The lowest BCUT2D eigenvalue weighted by Gasteiger charge is -2.36. The van der Waals surface area contributed by atoms with Crippen LogP contribution in [-0.4, -0.2) is 58.7 Å². The first kappa shape index (κ1) is 23.1. The van der Waals surface area contributed by atoms with Crippen molar-refractivity contribution in [2.45, 2.75) is 45.8 Å². The molecule has 0 saturated carbocycles. The van der Waals surface area contributed by atoms with Crippen molar-refractivity contribution in [3.63, 3.8) is 0 Å². The maximum absolute atomic E-state index is 12.9. The van der Waals surface area contributed by atoms with Gasteiger partial charge in [0.25, 0.3) is 0 Å². The summed E-state index contributed by atoms with van der Waals surface area (Å²) in [5, 5.41) is 3.09. The molecule has 0 aliphatic carbocycles. The highest BCUT2D eigenvalue weighted by Gasteiger charge is 2.19. The lowest BCUT2D eigenvalue weighted by molar-refractivity contribution is -0.122. The Morgan fingerprint density at radius 2 is 1.55 bits per heavy atom. The second kappa shape index (κ2) is 10.7. The highest BCUT2D eigenvalue weighted by atomic mass is 16.2. The minimum atomic E-state index is -0.114. The number of anilines is 1. The smallest absolute Gasteiger partial charge is 0.329 e. The molecule has 0 spiro atoms. The highest BCUT2D eigenvalue weighted by Crippen LogP contribution is 2.16. The van der Waals surface area contributed by atoms with E-state index in [9.17, 15) is 9.59 Å². The molecule has 2 heterocycles. The summed E-state index contributed by atoms with van der Waals surface area (Å²) >= 11 is 0. The maximum atomic E-state index is 12.9. The molecule has 7 nitrogen and oxygen atoms in total. The number of nitrogens with zero attached hydrogens (tertiary/aromatic N) is 4. The Balaban J connectivity index is 1.27. The number of benzene rings is 2. The molecule has 1 aromatic heterocycles. The number of aryl methyl sites for hydroxylation is 1. The fraction of sp³-hybridized carbons (Fsp3) is 0.462. The van der Waals surface area contributed by atoms with Gasteiger partial charge in [-0.2, -0.15) is 0 Å². The predicted octanol–water partition coefficient (Wildman–Crippen LogP) is 2.93. The molecule has 2 aromatic carbocycles. The van der Waals surface area contributed by atoms with Gasteiger partial charge in [-0.05, 0) is 44.0 Å². The molecule has 3 aromatic rings. The first-order valence-corrected chi connectivity index (χ1v) is 12.1. The van der Waals surface area contributed by atoms with Gasteiger partial charge in [-0.1, -0.05) is 37.3 Å². The highest BCUT2D eigenvalue weighted by molar-refractivity contribution is 5.81. The van der Waals surface area contributed by atoms with Gasteiger partial charge in [0, 0.05) is 51.0 Å². The molecule has 1 atom stereocenters. The Hall–Kier alpha value is -3.06. The number of carbonyl (C=O) groups is 1. The summed E-state index contributed by atoms with van der Waals surface area (Å²) in [6.07, 6.45) is 1.76. The summed E-state index contributed by atoms with van der Waals surface area (Å²) in [6.45, 7) is 9.86. The lowest BCUT2D eigenvalue weighted by atomic mass is 10.2. The maximum Gasteiger partial charge on any atom is 0.329 e. The van der Waals surface area contributed by atoms with Crippen LogP contribution in [0.2, 0.25) is 0 Å². The van der Waals surface area contributed by atoms with Crippen LogP contribution in [0.1, 0.15) is 26.7 Å². The van der Waals surface area contributed by atoms with Gasteiger partial charge in [0.2, 0.25) is 5.91 Å². The van der Waals surface area contributed by atoms with Gasteiger partial charge in [-0.3, -0.25) is 18.8 Å². The Labute approximate surface area is 195 Å². The van der Waals surface area contributed by atoms with Crippen molar-refractivity contribution in [3.05, 3.63) is 65.1 Å². The zero-order chi connectivity index (χ0) is 23.2. The molecule has 0 radical (unpaired) electrons. The van der Waals surface area contributed by atoms with Gasteiger partial charge in [-0.25, -0.2) is 4.79 Å². The number of carbonyl (C=O) groups excluding carboxylic acids is 1. The van der Waals surface area contributed by atoms with Crippen LogP contribution in [0.4, 0.5) is 5.69 Å².